The van der Waals surface area contributed by atoms with E-state index < -0.39 is 11.7 Å². The van der Waals surface area contributed by atoms with Crippen LogP contribution in [0.5, 0.6) is 0 Å². The Hall–Kier alpha value is -1.04. The van der Waals surface area contributed by atoms with Crippen LogP contribution in [-0.4, -0.2) is 17.3 Å². The molecule has 6 heteroatoms. The highest BCUT2D eigenvalue weighted by Gasteiger charge is 2.29. The third kappa shape index (κ3) is 5.63. The zero-order valence-corrected chi connectivity index (χ0v) is 12.0. The maximum absolute atomic E-state index is 12.4. The lowest BCUT2D eigenvalue weighted by Crippen LogP contribution is -2.33. The van der Waals surface area contributed by atoms with Gasteiger partial charge in [-0.15, -0.1) is 0 Å². The lowest BCUT2D eigenvalue weighted by Gasteiger charge is -2.12. The van der Waals surface area contributed by atoms with Crippen molar-refractivity contribution in [1.82, 2.24) is 5.32 Å². The Morgan fingerprint density at radius 2 is 1.89 bits per heavy atom. The Bertz CT molecular complexity index is 417. The highest BCUT2D eigenvalue weighted by Crippen LogP contribution is 2.29. The molecule has 2 nitrogen and oxygen atoms in total. The summed E-state index contributed by atoms with van der Waals surface area (Å²) in [4.78, 5) is 11.6. The quantitative estimate of drug-likeness (QED) is 0.818. The first kappa shape index (κ1) is 16.0. The molecule has 1 atom stereocenters. The lowest BCUT2D eigenvalue weighted by molar-refractivity contribution is -0.137. The standard InChI is InChI=1S/C13H15BrF3NO/c1-9(6-7-14)18-12(19)8-10-2-4-11(5-3-10)13(15,16)17/h2-5,9H,6-8H2,1H3,(H,18,19). The highest BCUT2D eigenvalue weighted by molar-refractivity contribution is 9.09. The number of rotatable bonds is 5. The number of hydrogen-bond donors (Lipinski definition) is 1. The fourth-order valence-corrected chi connectivity index (χ4v) is 2.25. The van der Waals surface area contributed by atoms with E-state index in [0.717, 1.165) is 23.9 Å². The van der Waals surface area contributed by atoms with E-state index in [0.29, 0.717) is 5.56 Å². The minimum absolute atomic E-state index is 0.0429. The molecule has 0 aromatic heterocycles. The van der Waals surface area contributed by atoms with Crippen molar-refractivity contribution in [2.75, 3.05) is 5.33 Å². The van der Waals surface area contributed by atoms with Crippen LogP contribution in [0.4, 0.5) is 13.2 Å². The van der Waals surface area contributed by atoms with Gasteiger partial charge >= 0.3 is 6.18 Å². The van der Waals surface area contributed by atoms with Crippen LogP contribution < -0.4 is 5.32 Å². The molecule has 19 heavy (non-hydrogen) atoms. The van der Waals surface area contributed by atoms with Gasteiger partial charge in [-0.25, -0.2) is 0 Å². The van der Waals surface area contributed by atoms with Crippen molar-refractivity contribution in [2.45, 2.75) is 32.0 Å². The summed E-state index contributed by atoms with van der Waals surface area (Å²) in [7, 11) is 0. The normalized spacial score (nSPS) is 13.1. The first-order valence-corrected chi connectivity index (χ1v) is 6.96. The summed E-state index contributed by atoms with van der Waals surface area (Å²) in [6.45, 7) is 1.88. The monoisotopic (exact) mass is 337 g/mol. The predicted octanol–water partition coefficient (Wildman–Crippen LogP) is 3.54. The first-order valence-electron chi connectivity index (χ1n) is 5.84. The Balaban J connectivity index is 2.56. The summed E-state index contributed by atoms with van der Waals surface area (Å²) in [5, 5.41) is 3.57. The van der Waals surface area contributed by atoms with Crippen molar-refractivity contribution in [3.05, 3.63) is 35.4 Å². The first-order chi connectivity index (χ1) is 8.82. The van der Waals surface area contributed by atoms with E-state index in [1.54, 1.807) is 0 Å². The molecule has 0 bridgehead atoms. The molecule has 0 fully saturated rings. The van der Waals surface area contributed by atoms with E-state index in [2.05, 4.69) is 21.2 Å². The second kappa shape index (κ2) is 6.93. The molecule has 106 valence electrons. The summed E-state index contributed by atoms with van der Waals surface area (Å²) < 4.78 is 37.1. The van der Waals surface area contributed by atoms with Crippen LogP contribution in [0, 0.1) is 0 Å². The van der Waals surface area contributed by atoms with Crippen molar-refractivity contribution < 1.29 is 18.0 Å². The molecule has 1 unspecified atom stereocenters. The third-order valence-corrected chi connectivity index (χ3v) is 3.05. The van der Waals surface area contributed by atoms with Crippen molar-refractivity contribution in [1.29, 1.82) is 0 Å². The molecular formula is C13H15BrF3NO. The Morgan fingerprint density at radius 1 is 1.32 bits per heavy atom. The van der Waals surface area contributed by atoms with Crippen molar-refractivity contribution in [3.63, 3.8) is 0 Å². The number of carbonyl (C=O) groups is 1. The number of hydrogen-bond acceptors (Lipinski definition) is 1. The summed E-state index contributed by atoms with van der Waals surface area (Å²) in [5.41, 5.74) is -0.138. The van der Waals surface area contributed by atoms with Gasteiger partial charge < -0.3 is 5.32 Å². The Labute approximate surface area is 118 Å². The van der Waals surface area contributed by atoms with Crippen LogP contribution in [0.2, 0.25) is 0 Å². The van der Waals surface area contributed by atoms with E-state index in [4.69, 9.17) is 0 Å². The highest BCUT2D eigenvalue weighted by atomic mass is 79.9. The number of nitrogens with one attached hydrogen (secondary N) is 1. The summed E-state index contributed by atoms with van der Waals surface area (Å²) in [6, 6.07) is 4.69. The second-order valence-corrected chi connectivity index (χ2v) is 5.11. The van der Waals surface area contributed by atoms with Gasteiger partial charge in [0.1, 0.15) is 0 Å². The van der Waals surface area contributed by atoms with Crippen LogP contribution in [0.25, 0.3) is 0 Å². The summed E-state index contributed by atoms with van der Waals surface area (Å²) in [6.07, 6.45) is -3.45. The number of benzene rings is 1. The molecule has 0 aliphatic rings. The molecule has 0 heterocycles. The fraction of sp³-hybridized carbons (Fsp3) is 0.462. The smallest absolute Gasteiger partial charge is 0.353 e. The number of carbonyl (C=O) groups excluding carboxylic acids is 1. The van der Waals surface area contributed by atoms with Gasteiger partial charge in [-0.05, 0) is 31.0 Å². The van der Waals surface area contributed by atoms with Crippen molar-refractivity contribution >= 4 is 21.8 Å². The topological polar surface area (TPSA) is 29.1 Å². The Morgan fingerprint density at radius 3 is 2.37 bits per heavy atom. The summed E-state index contributed by atoms with van der Waals surface area (Å²) in [5.74, 6) is -0.187. The molecule has 1 aromatic carbocycles. The van der Waals surface area contributed by atoms with E-state index >= 15 is 0 Å². The van der Waals surface area contributed by atoms with Crippen LogP contribution >= 0.6 is 15.9 Å². The molecule has 0 spiro atoms. The van der Waals surface area contributed by atoms with Gasteiger partial charge in [-0.1, -0.05) is 28.1 Å². The number of halogens is 4. The average Bonchev–Trinajstić information content (AvgIpc) is 2.28. The zero-order valence-electron chi connectivity index (χ0n) is 10.4. The largest absolute Gasteiger partial charge is 0.416 e. The van der Waals surface area contributed by atoms with E-state index in [9.17, 15) is 18.0 Å². The van der Waals surface area contributed by atoms with Gasteiger partial charge in [0.15, 0.2) is 0 Å². The van der Waals surface area contributed by atoms with Crippen LogP contribution in [0.15, 0.2) is 24.3 Å². The van der Waals surface area contributed by atoms with Gasteiger partial charge in [0.05, 0.1) is 12.0 Å². The minimum atomic E-state index is -4.34. The zero-order chi connectivity index (χ0) is 14.5. The number of alkyl halides is 4. The third-order valence-electron chi connectivity index (χ3n) is 2.60. The fourth-order valence-electron chi connectivity index (χ4n) is 1.56. The molecule has 0 aliphatic carbocycles. The van der Waals surface area contributed by atoms with Gasteiger partial charge in [0.25, 0.3) is 0 Å². The minimum Gasteiger partial charge on any atom is -0.353 e. The molecule has 1 amide bonds. The van der Waals surface area contributed by atoms with Gasteiger partial charge in [-0.2, -0.15) is 13.2 Å². The van der Waals surface area contributed by atoms with Crippen molar-refractivity contribution in [3.8, 4) is 0 Å². The Kier molecular flexibility index (Phi) is 5.85. The van der Waals surface area contributed by atoms with Crippen LogP contribution in [0.1, 0.15) is 24.5 Å². The molecule has 1 rings (SSSR count). The maximum Gasteiger partial charge on any atom is 0.416 e. The average molecular weight is 338 g/mol. The predicted molar refractivity (Wildman–Crippen MR) is 71.2 cm³/mol. The second-order valence-electron chi connectivity index (χ2n) is 4.32. The van der Waals surface area contributed by atoms with E-state index in [-0.39, 0.29) is 18.4 Å². The maximum atomic E-state index is 12.4. The molecular weight excluding hydrogens is 323 g/mol. The number of amides is 1. The van der Waals surface area contributed by atoms with E-state index in [1.807, 2.05) is 6.92 Å². The molecule has 0 aliphatic heterocycles. The van der Waals surface area contributed by atoms with Crippen LogP contribution in [-0.2, 0) is 17.4 Å². The lowest BCUT2D eigenvalue weighted by atomic mass is 10.1. The molecule has 1 N–H and O–H groups in total. The van der Waals surface area contributed by atoms with Crippen molar-refractivity contribution in [2.24, 2.45) is 0 Å². The van der Waals surface area contributed by atoms with Crippen LogP contribution in [0.3, 0.4) is 0 Å². The molecule has 0 saturated heterocycles. The molecule has 0 saturated carbocycles. The molecule has 0 radical (unpaired) electrons. The van der Waals surface area contributed by atoms with E-state index in [1.165, 1.54) is 12.1 Å². The van der Waals surface area contributed by atoms with Gasteiger partial charge in [0.2, 0.25) is 5.91 Å². The van der Waals surface area contributed by atoms with Gasteiger partial charge in [0, 0.05) is 11.4 Å². The summed E-state index contributed by atoms with van der Waals surface area (Å²) >= 11 is 3.28. The van der Waals surface area contributed by atoms with Gasteiger partial charge in [-0.3, -0.25) is 4.79 Å². The SMILES string of the molecule is CC(CCBr)NC(=O)Cc1ccc(C(F)(F)F)cc1. The molecule has 1 aromatic rings.